The standard InChI is InChI=1S/C21H37N5O2S/c1-14(2)26-18(12-13-22-26)23-15(3)24-19(29-7)16-8-10-17(11-9-16)25-20(27)28-21(4,5)6/h12-17,23H,8-11H2,1-7H3,(H,25,27). The van der Waals surface area contributed by atoms with Crippen molar-refractivity contribution in [3.8, 4) is 0 Å². The van der Waals surface area contributed by atoms with Crippen LogP contribution < -0.4 is 10.6 Å². The van der Waals surface area contributed by atoms with E-state index in [0.717, 1.165) is 31.5 Å². The molecule has 164 valence electrons. The third kappa shape index (κ3) is 7.57. The maximum absolute atomic E-state index is 12.0. The largest absolute Gasteiger partial charge is 0.444 e. The first kappa shape index (κ1) is 23.6. The predicted molar refractivity (Wildman–Crippen MR) is 122 cm³/mol. The minimum atomic E-state index is -0.464. The first-order valence-corrected chi connectivity index (χ1v) is 11.7. The fourth-order valence-electron chi connectivity index (χ4n) is 3.56. The van der Waals surface area contributed by atoms with E-state index in [0.29, 0.717) is 12.0 Å². The highest BCUT2D eigenvalue weighted by molar-refractivity contribution is 8.13. The molecule has 1 aliphatic rings. The number of nitrogens with zero attached hydrogens (tertiary/aromatic N) is 3. The average molecular weight is 424 g/mol. The molecule has 1 unspecified atom stereocenters. The van der Waals surface area contributed by atoms with Crippen molar-refractivity contribution in [2.45, 2.75) is 91.1 Å². The fourth-order valence-corrected chi connectivity index (χ4v) is 4.39. The summed E-state index contributed by atoms with van der Waals surface area (Å²) < 4.78 is 7.34. The Morgan fingerprint density at radius 2 is 1.93 bits per heavy atom. The second-order valence-electron chi connectivity index (χ2n) is 8.94. The quantitative estimate of drug-likeness (QED) is 0.493. The highest BCUT2D eigenvalue weighted by atomic mass is 32.2. The SMILES string of the molecule is CSC(=NC(C)Nc1ccnn1C(C)C)C1CCC(NC(=O)OC(C)(C)C)CC1. The molecule has 0 radical (unpaired) electrons. The molecule has 1 heterocycles. The third-order valence-electron chi connectivity index (χ3n) is 4.84. The van der Waals surface area contributed by atoms with E-state index in [1.807, 2.05) is 37.7 Å². The molecular weight excluding hydrogens is 386 g/mol. The van der Waals surface area contributed by atoms with Crippen LogP contribution in [0.15, 0.2) is 17.3 Å². The number of aliphatic imine (C=N–C) groups is 1. The Morgan fingerprint density at radius 3 is 2.48 bits per heavy atom. The molecule has 0 aromatic carbocycles. The van der Waals surface area contributed by atoms with Crippen molar-refractivity contribution in [2.24, 2.45) is 10.9 Å². The van der Waals surface area contributed by atoms with Crippen LogP contribution in [0.3, 0.4) is 0 Å². The molecule has 0 spiro atoms. The van der Waals surface area contributed by atoms with E-state index >= 15 is 0 Å². The number of rotatable bonds is 6. The Hall–Kier alpha value is -1.70. The molecule has 1 aliphatic carbocycles. The molecule has 2 rings (SSSR count). The molecule has 7 nitrogen and oxygen atoms in total. The van der Waals surface area contributed by atoms with Gasteiger partial charge in [0.25, 0.3) is 0 Å². The zero-order valence-corrected chi connectivity index (χ0v) is 19.7. The lowest BCUT2D eigenvalue weighted by Gasteiger charge is -2.30. The average Bonchev–Trinajstić information content (AvgIpc) is 3.07. The Labute approximate surface area is 179 Å². The van der Waals surface area contributed by atoms with Crippen LogP contribution in [-0.2, 0) is 4.74 Å². The van der Waals surface area contributed by atoms with E-state index in [4.69, 9.17) is 9.73 Å². The second-order valence-corrected chi connectivity index (χ2v) is 9.77. The molecule has 1 atom stereocenters. The minimum absolute atomic E-state index is 0.0238. The molecular formula is C21H37N5O2S. The smallest absolute Gasteiger partial charge is 0.407 e. The van der Waals surface area contributed by atoms with E-state index in [1.165, 1.54) is 5.04 Å². The minimum Gasteiger partial charge on any atom is -0.444 e. The summed E-state index contributed by atoms with van der Waals surface area (Å²) in [5.41, 5.74) is -0.464. The van der Waals surface area contributed by atoms with Gasteiger partial charge in [0.15, 0.2) is 0 Å². The maximum atomic E-state index is 12.0. The van der Waals surface area contributed by atoms with E-state index in [-0.39, 0.29) is 18.3 Å². The van der Waals surface area contributed by atoms with E-state index in [2.05, 4.69) is 42.8 Å². The molecule has 0 saturated heterocycles. The fraction of sp³-hybridized carbons (Fsp3) is 0.762. The van der Waals surface area contributed by atoms with Crippen molar-refractivity contribution in [3.63, 3.8) is 0 Å². The van der Waals surface area contributed by atoms with Crippen molar-refractivity contribution in [2.75, 3.05) is 11.6 Å². The Balaban J connectivity index is 1.89. The van der Waals surface area contributed by atoms with Gasteiger partial charge in [0.05, 0.1) is 11.2 Å². The second kappa shape index (κ2) is 10.4. The number of anilines is 1. The van der Waals surface area contributed by atoms with Gasteiger partial charge in [0, 0.05) is 24.1 Å². The van der Waals surface area contributed by atoms with Crippen LogP contribution in [0, 0.1) is 5.92 Å². The summed E-state index contributed by atoms with van der Waals surface area (Å²) in [4.78, 5) is 16.9. The van der Waals surface area contributed by atoms with Gasteiger partial charge in [-0.25, -0.2) is 9.48 Å². The number of carbonyl (C=O) groups is 1. The summed E-state index contributed by atoms with van der Waals surface area (Å²) in [6.45, 7) is 12.0. The lowest BCUT2D eigenvalue weighted by Crippen LogP contribution is -2.41. The lowest BCUT2D eigenvalue weighted by atomic mass is 9.86. The summed E-state index contributed by atoms with van der Waals surface area (Å²) >= 11 is 1.73. The van der Waals surface area contributed by atoms with Crippen LogP contribution >= 0.6 is 11.8 Å². The molecule has 0 aliphatic heterocycles. The molecule has 0 bridgehead atoms. The molecule has 1 aromatic rings. The van der Waals surface area contributed by atoms with Gasteiger partial charge >= 0.3 is 6.09 Å². The molecule has 8 heteroatoms. The van der Waals surface area contributed by atoms with E-state index in [1.54, 1.807) is 11.8 Å². The molecule has 1 amide bonds. The number of aromatic nitrogens is 2. The summed E-state index contributed by atoms with van der Waals surface area (Å²) in [6.07, 6.45) is 7.51. The number of thioether (sulfide) groups is 1. The number of ether oxygens (including phenoxy) is 1. The van der Waals surface area contributed by atoms with Crippen molar-refractivity contribution < 1.29 is 9.53 Å². The van der Waals surface area contributed by atoms with Crippen LogP contribution in [0.2, 0.25) is 0 Å². The monoisotopic (exact) mass is 423 g/mol. The topological polar surface area (TPSA) is 80.5 Å². The highest BCUT2D eigenvalue weighted by Gasteiger charge is 2.27. The van der Waals surface area contributed by atoms with Crippen molar-refractivity contribution >= 4 is 28.7 Å². The van der Waals surface area contributed by atoms with Gasteiger partial charge in [-0.2, -0.15) is 5.10 Å². The number of alkyl carbamates (subject to hydrolysis) is 1. The van der Waals surface area contributed by atoms with Gasteiger partial charge in [0.2, 0.25) is 0 Å². The van der Waals surface area contributed by atoms with Gasteiger partial charge in [0.1, 0.15) is 17.6 Å². The van der Waals surface area contributed by atoms with E-state index < -0.39 is 5.60 Å². The summed E-state index contributed by atoms with van der Waals surface area (Å²) in [6, 6.07) is 2.47. The summed E-state index contributed by atoms with van der Waals surface area (Å²) in [5, 5.41) is 12.0. The zero-order valence-electron chi connectivity index (χ0n) is 18.9. The molecule has 1 fully saturated rings. The number of amides is 1. The van der Waals surface area contributed by atoms with Crippen molar-refractivity contribution in [3.05, 3.63) is 12.3 Å². The number of carbonyl (C=O) groups excluding carboxylic acids is 1. The van der Waals surface area contributed by atoms with E-state index in [9.17, 15) is 4.79 Å². The van der Waals surface area contributed by atoms with Crippen LogP contribution in [0.25, 0.3) is 0 Å². The first-order chi connectivity index (χ1) is 13.6. The summed E-state index contributed by atoms with van der Waals surface area (Å²) in [7, 11) is 0. The number of hydrogen-bond donors (Lipinski definition) is 2. The molecule has 29 heavy (non-hydrogen) atoms. The van der Waals surface area contributed by atoms with Crippen LogP contribution in [0.1, 0.15) is 73.3 Å². The van der Waals surface area contributed by atoms with Crippen molar-refractivity contribution in [1.82, 2.24) is 15.1 Å². The Kier molecular flexibility index (Phi) is 8.43. The van der Waals surface area contributed by atoms with Crippen LogP contribution in [-0.4, -0.2) is 45.0 Å². The van der Waals surface area contributed by atoms with Crippen LogP contribution in [0.5, 0.6) is 0 Å². The number of nitrogens with one attached hydrogen (secondary N) is 2. The number of hydrogen-bond acceptors (Lipinski definition) is 6. The molecule has 1 saturated carbocycles. The summed E-state index contributed by atoms with van der Waals surface area (Å²) in [5.74, 6) is 1.43. The molecule has 2 N–H and O–H groups in total. The zero-order chi connectivity index (χ0) is 21.6. The Bertz CT molecular complexity index is 687. The van der Waals surface area contributed by atoms with Gasteiger partial charge in [-0.1, -0.05) is 0 Å². The lowest BCUT2D eigenvalue weighted by molar-refractivity contribution is 0.0491. The third-order valence-corrected chi connectivity index (χ3v) is 5.70. The first-order valence-electron chi connectivity index (χ1n) is 10.5. The molecule has 1 aromatic heterocycles. The highest BCUT2D eigenvalue weighted by Crippen LogP contribution is 2.29. The van der Waals surface area contributed by atoms with Gasteiger partial charge in [-0.3, -0.25) is 4.99 Å². The maximum Gasteiger partial charge on any atom is 0.407 e. The van der Waals surface area contributed by atoms with Crippen LogP contribution in [0.4, 0.5) is 10.6 Å². The van der Waals surface area contributed by atoms with Gasteiger partial charge in [-0.15, -0.1) is 11.8 Å². The Morgan fingerprint density at radius 1 is 1.28 bits per heavy atom. The van der Waals surface area contributed by atoms with Crippen molar-refractivity contribution in [1.29, 1.82) is 0 Å². The van der Waals surface area contributed by atoms with Gasteiger partial charge < -0.3 is 15.4 Å². The predicted octanol–water partition coefficient (Wildman–Crippen LogP) is 5.07. The normalized spacial score (nSPS) is 21.7. The van der Waals surface area contributed by atoms with Gasteiger partial charge in [-0.05, 0) is 73.5 Å².